The zero-order chi connectivity index (χ0) is 22.7. The molecule has 11 heteroatoms. The number of fused-ring (bicyclic) bond motifs is 1. The number of amides is 1. The highest BCUT2D eigenvalue weighted by Gasteiger charge is 2.17. The summed E-state index contributed by atoms with van der Waals surface area (Å²) >= 11 is 5.39. The molecule has 2 aromatic heterocycles. The van der Waals surface area contributed by atoms with Gasteiger partial charge in [-0.25, -0.2) is 4.57 Å². The Morgan fingerprint density at radius 2 is 1.88 bits per heavy atom. The average molecular weight is 457 g/mol. The predicted molar refractivity (Wildman–Crippen MR) is 121 cm³/mol. The van der Waals surface area contributed by atoms with Crippen molar-refractivity contribution in [2.24, 2.45) is 5.92 Å². The van der Waals surface area contributed by atoms with Gasteiger partial charge in [-0.15, -0.1) is 0 Å². The standard InChI is InChI=1S/C21H24N6O4S/c1-30-16-10-17(31-2)26-20(25-16)27-19(29)14-4-3-13(9-15(14)24-21(27)32)18(28)23-11-12-5-7-22-8-6-12/h3-4,9-10,12,22H,5-8,11H2,1-2H3,(H,23,28)(H,24,32). The Kier molecular flexibility index (Phi) is 6.47. The summed E-state index contributed by atoms with van der Waals surface area (Å²) < 4.78 is 11.6. The molecule has 1 amide bonds. The van der Waals surface area contributed by atoms with Crippen molar-refractivity contribution in [1.82, 2.24) is 30.2 Å². The van der Waals surface area contributed by atoms with Gasteiger partial charge < -0.3 is 25.1 Å². The van der Waals surface area contributed by atoms with Crippen LogP contribution in [0.25, 0.3) is 16.9 Å². The minimum atomic E-state index is -0.416. The summed E-state index contributed by atoms with van der Waals surface area (Å²) in [4.78, 5) is 37.2. The summed E-state index contributed by atoms with van der Waals surface area (Å²) in [5.74, 6) is 0.773. The quantitative estimate of drug-likeness (QED) is 0.478. The molecule has 4 rings (SSSR count). The van der Waals surface area contributed by atoms with E-state index in [2.05, 4.69) is 25.6 Å². The van der Waals surface area contributed by atoms with Crippen LogP contribution >= 0.6 is 12.2 Å². The normalized spacial score (nSPS) is 14.3. The highest BCUT2D eigenvalue weighted by Crippen LogP contribution is 2.18. The molecule has 0 spiro atoms. The Morgan fingerprint density at radius 3 is 2.53 bits per heavy atom. The number of carbonyl (C=O) groups excluding carboxylic acids is 1. The van der Waals surface area contributed by atoms with Crippen LogP contribution in [0.15, 0.2) is 29.1 Å². The Balaban J connectivity index is 1.66. The zero-order valence-electron chi connectivity index (χ0n) is 17.8. The van der Waals surface area contributed by atoms with Crippen molar-refractivity contribution in [2.75, 3.05) is 33.9 Å². The highest BCUT2D eigenvalue weighted by molar-refractivity contribution is 7.71. The molecule has 32 heavy (non-hydrogen) atoms. The van der Waals surface area contributed by atoms with Crippen molar-refractivity contribution in [1.29, 1.82) is 0 Å². The summed E-state index contributed by atoms with van der Waals surface area (Å²) in [6.07, 6.45) is 2.09. The maximum absolute atomic E-state index is 13.2. The van der Waals surface area contributed by atoms with E-state index >= 15 is 0 Å². The third-order valence-corrected chi connectivity index (χ3v) is 5.74. The first-order valence-electron chi connectivity index (χ1n) is 10.3. The van der Waals surface area contributed by atoms with Gasteiger partial charge in [-0.3, -0.25) is 9.59 Å². The third kappa shape index (κ3) is 4.48. The molecule has 1 aromatic carbocycles. The maximum Gasteiger partial charge on any atom is 0.269 e. The fraction of sp³-hybridized carbons (Fsp3) is 0.381. The number of nitrogens with zero attached hydrogens (tertiary/aromatic N) is 3. The molecule has 0 unspecified atom stereocenters. The Morgan fingerprint density at radius 1 is 1.19 bits per heavy atom. The van der Waals surface area contributed by atoms with E-state index in [0.29, 0.717) is 28.9 Å². The van der Waals surface area contributed by atoms with E-state index in [0.717, 1.165) is 25.9 Å². The van der Waals surface area contributed by atoms with Gasteiger partial charge in [-0.1, -0.05) is 0 Å². The lowest BCUT2D eigenvalue weighted by atomic mass is 9.98. The SMILES string of the molecule is COc1cc(OC)nc(-n2c(=S)[nH]c3cc(C(=O)NCC4CCNCC4)ccc3c2=O)n1. The monoisotopic (exact) mass is 456 g/mol. The number of ether oxygens (including phenoxy) is 2. The summed E-state index contributed by atoms with van der Waals surface area (Å²) in [6, 6.07) is 6.34. The molecule has 0 saturated carbocycles. The predicted octanol–water partition coefficient (Wildman–Crippen LogP) is 1.58. The van der Waals surface area contributed by atoms with Gasteiger partial charge in [-0.05, 0) is 62.3 Å². The van der Waals surface area contributed by atoms with Crippen molar-refractivity contribution >= 4 is 29.0 Å². The number of H-pyrrole nitrogens is 1. The van der Waals surface area contributed by atoms with E-state index in [1.54, 1.807) is 18.2 Å². The van der Waals surface area contributed by atoms with E-state index < -0.39 is 5.56 Å². The molecule has 0 aliphatic carbocycles. The molecule has 0 atom stereocenters. The fourth-order valence-corrected chi connectivity index (χ4v) is 3.94. The van der Waals surface area contributed by atoms with Crippen molar-refractivity contribution in [2.45, 2.75) is 12.8 Å². The molecule has 3 aromatic rings. The molecule has 3 N–H and O–H groups in total. The van der Waals surface area contributed by atoms with Gasteiger partial charge in [0.1, 0.15) is 0 Å². The molecule has 1 aliphatic heterocycles. The lowest BCUT2D eigenvalue weighted by molar-refractivity contribution is 0.0944. The first-order valence-corrected chi connectivity index (χ1v) is 10.7. The maximum atomic E-state index is 13.2. The average Bonchev–Trinajstić information content (AvgIpc) is 2.82. The first-order chi connectivity index (χ1) is 15.5. The van der Waals surface area contributed by atoms with Crippen LogP contribution in [0.3, 0.4) is 0 Å². The molecular weight excluding hydrogens is 432 g/mol. The number of hydrogen-bond donors (Lipinski definition) is 3. The van der Waals surface area contributed by atoms with Crippen molar-refractivity contribution in [3.8, 4) is 17.7 Å². The van der Waals surface area contributed by atoms with E-state index in [-0.39, 0.29) is 28.4 Å². The van der Waals surface area contributed by atoms with E-state index in [1.807, 2.05) is 0 Å². The third-order valence-electron chi connectivity index (χ3n) is 5.46. The van der Waals surface area contributed by atoms with Gasteiger partial charge in [0, 0.05) is 12.1 Å². The summed E-state index contributed by atoms with van der Waals surface area (Å²) in [6.45, 7) is 2.58. The number of aromatic amines is 1. The van der Waals surface area contributed by atoms with Gasteiger partial charge in [0.25, 0.3) is 11.5 Å². The topological polar surface area (TPSA) is 123 Å². The second-order valence-electron chi connectivity index (χ2n) is 7.49. The van der Waals surface area contributed by atoms with Crippen molar-refractivity contribution < 1.29 is 14.3 Å². The van der Waals surface area contributed by atoms with E-state index in [1.165, 1.54) is 24.9 Å². The van der Waals surface area contributed by atoms with Gasteiger partial charge in [0.15, 0.2) is 4.77 Å². The number of benzene rings is 1. The van der Waals surface area contributed by atoms with Gasteiger partial charge in [0.05, 0.1) is 31.2 Å². The molecule has 0 bridgehead atoms. The van der Waals surface area contributed by atoms with Crippen LogP contribution in [0.4, 0.5) is 0 Å². The van der Waals surface area contributed by atoms with E-state index in [9.17, 15) is 9.59 Å². The number of hydrogen-bond acceptors (Lipinski definition) is 8. The second kappa shape index (κ2) is 9.45. The van der Waals surface area contributed by atoms with Crippen LogP contribution in [0.1, 0.15) is 23.2 Å². The van der Waals surface area contributed by atoms with Crippen LogP contribution in [-0.4, -0.2) is 59.3 Å². The summed E-state index contributed by atoms with van der Waals surface area (Å²) in [7, 11) is 2.90. The smallest absolute Gasteiger partial charge is 0.269 e. The molecule has 1 fully saturated rings. The first kappa shape index (κ1) is 21.9. The summed E-state index contributed by atoms with van der Waals surface area (Å²) in [5.41, 5.74) is 0.495. The molecule has 1 aliphatic rings. The van der Waals surface area contributed by atoms with Crippen LogP contribution in [0.5, 0.6) is 11.8 Å². The van der Waals surface area contributed by atoms with Gasteiger partial charge >= 0.3 is 0 Å². The van der Waals surface area contributed by atoms with E-state index in [4.69, 9.17) is 21.7 Å². The zero-order valence-corrected chi connectivity index (χ0v) is 18.6. The number of methoxy groups -OCH3 is 2. The Bertz CT molecular complexity index is 1240. The minimum Gasteiger partial charge on any atom is -0.481 e. The van der Waals surface area contributed by atoms with Crippen molar-refractivity contribution in [3.05, 3.63) is 45.0 Å². The number of nitrogens with one attached hydrogen (secondary N) is 3. The molecule has 10 nitrogen and oxygen atoms in total. The molecular formula is C21H24N6O4S. The van der Waals surface area contributed by atoms with Crippen LogP contribution in [-0.2, 0) is 0 Å². The fourth-order valence-electron chi connectivity index (χ4n) is 3.67. The number of piperidine rings is 1. The van der Waals surface area contributed by atoms with Crippen LogP contribution < -0.4 is 25.7 Å². The molecule has 1 saturated heterocycles. The highest BCUT2D eigenvalue weighted by atomic mass is 32.1. The second-order valence-corrected chi connectivity index (χ2v) is 7.87. The van der Waals surface area contributed by atoms with Gasteiger partial charge in [0.2, 0.25) is 17.7 Å². The molecule has 0 radical (unpaired) electrons. The Hall–Kier alpha value is -3.31. The summed E-state index contributed by atoms with van der Waals surface area (Å²) in [5, 5.41) is 6.65. The number of carbonyl (C=O) groups is 1. The molecule has 168 valence electrons. The van der Waals surface area contributed by atoms with Gasteiger partial charge in [-0.2, -0.15) is 9.97 Å². The number of rotatable bonds is 6. The van der Waals surface area contributed by atoms with Crippen molar-refractivity contribution in [3.63, 3.8) is 0 Å². The largest absolute Gasteiger partial charge is 0.481 e. The lowest BCUT2D eigenvalue weighted by Crippen LogP contribution is -2.36. The Labute approximate surface area is 189 Å². The minimum absolute atomic E-state index is 0.0261. The molecule has 3 heterocycles. The van der Waals surface area contributed by atoms with Crippen LogP contribution in [0, 0.1) is 10.7 Å². The lowest BCUT2D eigenvalue weighted by Gasteiger charge is -2.22. The number of aromatic nitrogens is 4. The van der Waals surface area contributed by atoms with Crippen LogP contribution in [0.2, 0.25) is 0 Å².